The molecule has 0 unspecified atom stereocenters. The second-order valence-electron chi connectivity index (χ2n) is 8.73. The molecule has 0 amide bonds. The fourth-order valence-electron chi connectivity index (χ4n) is 4.72. The van der Waals surface area contributed by atoms with Crippen molar-refractivity contribution in [2.45, 2.75) is 45.6 Å². The first-order valence-electron chi connectivity index (χ1n) is 11.0. The summed E-state index contributed by atoms with van der Waals surface area (Å²) in [5.41, 5.74) is 4.00. The number of hydrogen-bond donors (Lipinski definition) is 1. The SMILES string of the molecule is Cc1c([C@@H]2CN(Cc3cnn(-c4ccn(C(F)F)c(=O)c4)n3)C[C@H](C)N2)ccc2c1COC2=O. The number of esters is 1. The number of aromatic nitrogens is 4. The standard InChI is InChI=1S/C23H24F2N6O3/c1-13-9-29(11-20(27-13)17-3-4-18-19(14(17)2)12-34-22(18)33)10-15-8-26-31(28-15)16-5-6-30(23(24)25)21(32)7-16/h3-8,13,20,23,27H,9-12H2,1-2H3/t13-,20-/m0/s1. The number of benzene rings is 1. The fourth-order valence-corrected chi connectivity index (χ4v) is 4.72. The third kappa shape index (κ3) is 4.12. The van der Waals surface area contributed by atoms with Crippen LogP contribution in [0.2, 0.25) is 0 Å². The van der Waals surface area contributed by atoms with Crippen LogP contribution in [0, 0.1) is 6.92 Å². The Labute approximate surface area is 193 Å². The molecule has 1 fully saturated rings. The first kappa shape index (κ1) is 22.4. The van der Waals surface area contributed by atoms with Crippen LogP contribution in [0.15, 0.2) is 41.5 Å². The molecular formula is C23H24F2N6O3. The Bertz CT molecular complexity index is 1300. The second-order valence-corrected chi connectivity index (χ2v) is 8.73. The van der Waals surface area contributed by atoms with E-state index in [-0.39, 0.29) is 18.1 Å². The number of pyridine rings is 1. The fraction of sp³-hybridized carbons (Fsp3) is 0.391. The third-order valence-corrected chi connectivity index (χ3v) is 6.34. The molecule has 0 spiro atoms. The number of ether oxygens (including phenoxy) is 1. The number of fused-ring (bicyclic) bond motifs is 1. The van der Waals surface area contributed by atoms with Gasteiger partial charge in [0.25, 0.3) is 5.56 Å². The lowest BCUT2D eigenvalue weighted by molar-refractivity contribution is 0.0534. The minimum absolute atomic E-state index is 0.0711. The lowest BCUT2D eigenvalue weighted by Crippen LogP contribution is -2.50. The summed E-state index contributed by atoms with van der Waals surface area (Å²) in [6.45, 7) is 3.63. The smallest absolute Gasteiger partial charge is 0.338 e. The normalized spacial score (nSPS) is 20.6. The summed E-state index contributed by atoms with van der Waals surface area (Å²) in [6.07, 6.45) is 2.65. The Hall–Kier alpha value is -3.44. The molecule has 1 saturated heterocycles. The molecule has 5 rings (SSSR count). The molecule has 11 heteroatoms. The van der Waals surface area contributed by atoms with Crippen molar-refractivity contribution in [2.24, 2.45) is 0 Å². The van der Waals surface area contributed by atoms with Crippen molar-refractivity contribution < 1.29 is 18.3 Å². The van der Waals surface area contributed by atoms with Gasteiger partial charge in [-0.1, -0.05) is 6.07 Å². The molecule has 0 saturated carbocycles. The second kappa shape index (κ2) is 8.73. The van der Waals surface area contributed by atoms with Gasteiger partial charge in [0.2, 0.25) is 0 Å². The Morgan fingerprint density at radius 2 is 2.06 bits per heavy atom. The average molecular weight is 470 g/mol. The molecule has 2 aliphatic heterocycles. The number of cyclic esters (lactones) is 1. The predicted molar refractivity (Wildman–Crippen MR) is 118 cm³/mol. The van der Waals surface area contributed by atoms with Crippen molar-refractivity contribution in [3.05, 3.63) is 75.0 Å². The number of nitrogens with zero attached hydrogens (tertiary/aromatic N) is 5. The molecule has 2 aliphatic rings. The maximum absolute atomic E-state index is 12.8. The number of nitrogens with one attached hydrogen (secondary N) is 1. The van der Waals surface area contributed by atoms with Crippen LogP contribution in [0.25, 0.3) is 5.69 Å². The van der Waals surface area contributed by atoms with Gasteiger partial charge < -0.3 is 10.1 Å². The predicted octanol–water partition coefficient (Wildman–Crippen LogP) is 2.34. The van der Waals surface area contributed by atoms with Crippen LogP contribution in [-0.2, 0) is 17.9 Å². The van der Waals surface area contributed by atoms with Crippen molar-refractivity contribution in [1.29, 1.82) is 0 Å². The van der Waals surface area contributed by atoms with Crippen molar-refractivity contribution in [3.8, 4) is 5.69 Å². The van der Waals surface area contributed by atoms with E-state index in [1.165, 1.54) is 10.9 Å². The van der Waals surface area contributed by atoms with Crippen LogP contribution in [-0.4, -0.2) is 49.6 Å². The molecule has 4 heterocycles. The average Bonchev–Trinajstić information content (AvgIpc) is 3.40. The van der Waals surface area contributed by atoms with Gasteiger partial charge in [0.15, 0.2) is 0 Å². The van der Waals surface area contributed by atoms with Crippen molar-refractivity contribution in [2.75, 3.05) is 13.1 Å². The highest BCUT2D eigenvalue weighted by atomic mass is 19.3. The van der Waals surface area contributed by atoms with Gasteiger partial charge >= 0.3 is 12.5 Å². The van der Waals surface area contributed by atoms with Gasteiger partial charge in [-0.2, -0.15) is 23.8 Å². The number of halogens is 2. The number of alkyl halides is 2. The summed E-state index contributed by atoms with van der Waals surface area (Å²) in [7, 11) is 0. The molecule has 2 atom stereocenters. The number of carbonyl (C=O) groups excluding carboxylic acids is 1. The van der Waals surface area contributed by atoms with Crippen LogP contribution >= 0.6 is 0 Å². The van der Waals surface area contributed by atoms with Crippen molar-refractivity contribution >= 4 is 5.97 Å². The van der Waals surface area contributed by atoms with Crippen LogP contribution in [0.5, 0.6) is 0 Å². The highest BCUT2D eigenvalue weighted by Crippen LogP contribution is 2.31. The van der Waals surface area contributed by atoms with Crippen LogP contribution in [0.4, 0.5) is 8.78 Å². The van der Waals surface area contributed by atoms with E-state index in [0.717, 1.165) is 42.0 Å². The zero-order valence-electron chi connectivity index (χ0n) is 18.7. The van der Waals surface area contributed by atoms with Gasteiger partial charge in [-0.15, -0.1) is 0 Å². The molecule has 1 aromatic carbocycles. The molecule has 178 valence electrons. The zero-order chi connectivity index (χ0) is 24.0. The van der Waals surface area contributed by atoms with E-state index in [0.29, 0.717) is 34.7 Å². The summed E-state index contributed by atoms with van der Waals surface area (Å²) >= 11 is 0. The first-order valence-corrected chi connectivity index (χ1v) is 11.0. The van der Waals surface area contributed by atoms with Gasteiger partial charge in [-0.25, -0.2) is 4.79 Å². The maximum Gasteiger partial charge on any atom is 0.338 e. The Kier molecular flexibility index (Phi) is 5.74. The van der Waals surface area contributed by atoms with E-state index < -0.39 is 12.1 Å². The van der Waals surface area contributed by atoms with Crippen molar-refractivity contribution in [1.82, 2.24) is 29.8 Å². The van der Waals surface area contributed by atoms with E-state index >= 15 is 0 Å². The molecule has 0 radical (unpaired) electrons. The number of carbonyl (C=O) groups is 1. The quantitative estimate of drug-likeness (QED) is 0.572. The van der Waals surface area contributed by atoms with Crippen LogP contribution in [0.1, 0.15) is 52.3 Å². The molecule has 1 N–H and O–H groups in total. The molecule has 2 aromatic heterocycles. The largest absolute Gasteiger partial charge is 0.457 e. The van der Waals surface area contributed by atoms with Crippen molar-refractivity contribution in [3.63, 3.8) is 0 Å². The minimum atomic E-state index is -2.90. The van der Waals surface area contributed by atoms with E-state index in [9.17, 15) is 18.4 Å². The molecule has 34 heavy (non-hydrogen) atoms. The maximum atomic E-state index is 12.8. The molecule has 9 nitrogen and oxygen atoms in total. The number of piperazine rings is 1. The highest BCUT2D eigenvalue weighted by Gasteiger charge is 2.30. The molecule has 3 aromatic rings. The number of rotatable bonds is 5. The van der Waals surface area contributed by atoms with E-state index in [4.69, 9.17) is 4.74 Å². The summed E-state index contributed by atoms with van der Waals surface area (Å²) in [6, 6.07) is 6.59. The lowest BCUT2D eigenvalue weighted by atomic mass is 9.92. The Morgan fingerprint density at radius 1 is 1.24 bits per heavy atom. The summed E-state index contributed by atoms with van der Waals surface area (Å²) < 4.78 is 31.2. The van der Waals surface area contributed by atoms with Crippen LogP contribution in [0.3, 0.4) is 0 Å². The van der Waals surface area contributed by atoms with E-state index in [1.807, 2.05) is 19.1 Å². The van der Waals surface area contributed by atoms with Gasteiger partial charge in [0.1, 0.15) is 6.61 Å². The van der Waals surface area contributed by atoms with E-state index in [2.05, 4.69) is 27.3 Å². The van der Waals surface area contributed by atoms with E-state index in [1.54, 1.807) is 6.20 Å². The van der Waals surface area contributed by atoms with Gasteiger partial charge in [0.05, 0.1) is 23.1 Å². The van der Waals surface area contributed by atoms with Crippen LogP contribution < -0.4 is 10.9 Å². The zero-order valence-corrected chi connectivity index (χ0v) is 18.7. The lowest BCUT2D eigenvalue weighted by Gasteiger charge is -2.38. The highest BCUT2D eigenvalue weighted by molar-refractivity contribution is 5.94. The van der Waals surface area contributed by atoms with Gasteiger partial charge in [-0.05, 0) is 37.1 Å². The monoisotopic (exact) mass is 470 g/mol. The first-order chi connectivity index (χ1) is 16.3. The summed E-state index contributed by atoms with van der Waals surface area (Å²) in [5, 5.41) is 12.3. The summed E-state index contributed by atoms with van der Waals surface area (Å²) in [4.78, 5) is 27.3. The molecular weight excluding hydrogens is 446 g/mol. The van der Waals surface area contributed by atoms with Gasteiger partial charge in [0, 0.05) is 49.5 Å². The molecule has 0 bridgehead atoms. The minimum Gasteiger partial charge on any atom is -0.457 e. The number of hydrogen-bond acceptors (Lipinski definition) is 7. The third-order valence-electron chi connectivity index (χ3n) is 6.34. The topological polar surface area (TPSA) is 94.3 Å². The molecule has 0 aliphatic carbocycles. The Balaban J connectivity index is 1.32. The summed E-state index contributed by atoms with van der Waals surface area (Å²) in [5.74, 6) is -0.272. The van der Waals surface area contributed by atoms with Gasteiger partial charge in [-0.3, -0.25) is 14.3 Å². The Morgan fingerprint density at radius 3 is 2.82 bits per heavy atom.